The van der Waals surface area contributed by atoms with Crippen LogP contribution in [0, 0.1) is 0 Å². The predicted octanol–water partition coefficient (Wildman–Crippen LogP) is 1.08. The first kappa shape index (κ1) is 12.0. The monoisotopic (exact) mass is 231 g/mol. The fourth-order valence-corrected chi connectivity index (χ4v) is 1.60. The highest BCUT2D eigenvalue weighted by molar-refractivity contribution is 5.85. The van der Waals surface area contributed by atoms with Crippen LogP contribution in [0.2, 0.25) is 0 Å². The SMILES string of the molecule is COc1nc(OC)c2c(n1)C(C)NC2.Cl. The number of rotatable bonds is 2. The summed E-state index contributed by atoms with van der Waals surface area (Å²) in [5.74, 6) is 0.601. The molecule has 1 aliphatic rings. The average molecular weight is 232 g/mol. The van der Waals surface area contributed by atoms with Crippen LogP contribution in [0.1, 0.15) is 24.2 Å². The van der Waals surface area contributed by atoms with E-state index in [1.54, 1.807) is 14.2 Å². The second kappa shape index (κ2) is 4.63. The Morgan fingerprint density at radius 3 is 2.60 bits per heavy atom. The molecule has 0 amide bonds. The Bertz CT molecular complexity index is 359. The molecule has 0 aromatic carbocycles. The summed E-state index contributed by atoms with van der Waals surface area (Å²) >= 11 is 0. The highest BCUT2D eigenvalue weighted by Gasteiger charge is 2.25. The van der Waals surface area contributed by atoms with Crippen molar-refractivity contribution in [3.63, 3.8) is 0 Å². The van der Waals surface area contributed by atoms with Crippen LogP contribution in [-0.2, 0) is 6.54 Å². The molecule has 1 aromatic rings. The van der Waals surface area contributed by atoms with Crippen molar-refractivity contribution < 1.29 is 9.47 Å². The van der Waals surface area contributed by atoms with E-state index < -0.39 is 0 Å². The van der Waals surface area contributed by atoms with Gasteiger partial charge >= 0.3 is 6.01 Å². The molecule has 1 unspecified atom stereocenters. The van der Waals surface area contributed by atoms with Crippen LogP contribution in [0.15, 0.2) is 0 Å². The molecule has 1 aliphatic heterocycles. The first-order valence-corrected chi connectivity index (χ1v) is 4.48. The molecule has 0 spiro atoms. The van der Waals surface area contributed by atoms with Gasteiger partial charge in [-0.2, -0.15) is 9.97 Å². The van der Waals surface area contributed by atoms with E-state index in [-0.39, 0.29) is 18.4 Å². The number of nitrogens with one attached hydrogen (secondary N) is 1. The smallest absolute Gasteiger partial charge is 0.319 e. The topological polar surface area (TPSA) is 56.3 Å². The van der Waals surface area contributed by atoms with Crippen LogP contribution >= 0.6 is 12.4 Å². The van der Waals surface area contributed by atoms with Gasteiger partial charge in [0.25, 0.3) is 0 Å². The lowest BCUT2D eigenvalue weighted by Crippen LogP contribution is -2.08. The molecule has 6 heteroatoms. The van der Waals surface area contributed by atoms with E-state index >= 15 is 0 Å². The molecule has 2 rings (SSSR count). The van der Waals surface area contributed by atoms with Crippen molar-refractivity contribution in [1.82, 2.24) is 15.3 Å². The van der Waals surface area contributed by atoms with E-state index in [9.17, 15) is 0 Å². The molecule has 1 atom stereocenters. The largest absolute Gasteiger partial charge is 0.481 e. The summed E-state index contributed by atoms with van der Waals surface area (Å²) in [6.07, 6.45) is 0. The maximum absolute atomic E-state index is 5.18. The normalized spacial score (nSPS) is 17.9. The molecule has 84 valence electrons. The van der Waals surface area contributed by atoms with Crippen molar-refractivity contribution in [1.29, 1.82) is 0 Å². The van der Waals surface area contributed by atoms with Gasteiger partial charge in [-0.3, -0.25) is 0 Å². The Hall–Kier alpha value is -1.07. The van der Waals surface area contributed by atoms with E-state index in [0.717, 1.165) is 17.8 Å². The third kappa shape index (κ3) is 1.98. The molecule has 1 N–H and O–H groups in total. The minimum atomic E-state index is 0. The van der Waals surface area contributed by atoms with Gasteiger partial charge in [-0.15, -0.1) is 12.4 Å². The van der Waals surface area contributed by atoms with Crippen molar-refractivity contribution in [2.24, 2.45) is 0 Å². The molecule has 15 heavy (non-hydrogen) atoms. The van der Waals surface area contributed by atoms with Gasteiger partial charge in [0, 0.05) is 12.6 Å². The highest BCUT2D eigenvalue weighted by Crippen LogP contribution is 2.30. The van der Waals surface area contributed by atoms with Gasteiger partial charge in [-0.1, -0.05) is 0 Å². The summed E-state index contributed by atoms with van der Waals surface area (Å²) < 4.78 is 10.2. The fraction of sp³-hybridized carbons (Fsp3) is 0.556. The Morgan fingerprint density at radius 2 is 2.00 bits per heavy atom. The number of halogens is 1. The summed E-state index contributed by atoms with van der Waals surface area (Å²) in [5.41, 5.74) is 1.99. The molecule has 2 heterocycles. The molecular weight excluding hydrogens is 218 g/mol. The number of aromatic nitrogens is 2. The van der Waals surface area contributed by atoms with E-state index in [1.165, 1.54) is 0 Å². The summed E-state index contributed by atoms with van der Waals surface area (Å²) in [6, 6.07) is 0.590. The number of hydrogen-bond acceptors (Lipinski definition) is 5. The molecule has 5 nitrogen and oxygen atoms in total. The zero-order valence-corrected chi connectivity index (χ0v) is 9.72. The predicted molar refractivity (Wildman–Crippen MR) is 57.6 cm³/mol. The van der Waals surface area contributed by atoms with Crippen molar-refractivity contribution in [3.05, 3.63) is 11.3 Å². The van der Waals surface area contributed by atoms with Crippen LogP contribution in [0.4, 0.5) is 0 Å². The summed E-state index contributed by atoms with van der Waals surface area (Å²) in [4.78, 5) is 8.41. The van der Waals surface area contributed by atoms with Crippen LogP contribution in [0.25, 0.3) is 0 Å². The van der Waals surface area contributed by atoms with Gasteiger partial charge in [0.05, 0.1) is 25.5 Å². The van der Waals surface area contributed by atoms with E-state index in [4.69, 9.17) is 9.47 Å². The zero-order valence-electron chi connectivity index (χ0n) is 8.90. The summed E-state index contributed by atoms with van der Waals surface area (Å²) in [7, 11) is 3.15. The number of hydrogen-bond donors (Lipinski definition) is 1. The Labute approximate surface area is 94.6 Å². The molecule has 0 bridgehead atoms. The standard InChI is InChI=1S/C9H13N3O2.ClH/c1-5-7-6(4-10-5)8(13-2)12-9(11-7)14-3;/h5,10H,4H2,1-3H3;1H. The van der Waals surface area contributed by atoms with Crippen LogP contribution in [0.3, 0.4) is 0 Å². The zero-order chi connectivity index (χ0) is 10.1. The Kier molecular flexibility index (Phi) is 3.71. The van der Waals surface area contributed by atoms with Crippen LogP contribution in [-0.4, -0.2) is 24.2 Å². The first-order valence-electron chi connectivity index (χ1n) is 4.48. The lowest BCUT2D eigenvalue weighted by Gasteiger charge is -2.08. The fourth-order valence-electron chi connectivity index (χ4n) is 1.60. The minimum Gasteiger partial charge on any atom is -0.481 e. The molecule has 1 aromatic heterocycles. The maximum Gasteiger partial charge on any atom is 0.319 e. The van der Waals surface area contributed by atoms with Gasteiger partial charge in [0.1, 0.15) is 0 Å². The van der Waals surface area contributed by atoms with E-state index in [0.29, 0.717) is 11.9 Å². The van der Waals surface area contributed by atoms with Crippen LogP contribution in [0.5, 0.6) is 11.9 Å². The van der Waals surface area contributed by atoms with Crippen molar-refractivity contribution >= 4 is 12.4 Å². The second-order valence-electron chi connectivity index (χ2n) is 3.19. The maximum atomic E-state index is 5.18. The molecular formula is C9H14ClN3O2. The van der Waals surface area contributed by atoms with Crippen molar-refractivity contribution in [3.8, 4) is 11.9 Å². The van der Waals surface area contributed by atoms with Crippen molar-refractivity contribution in [2.45, 2.75) is 19.5 Å². The third-order valence-corrected chi connectivity index (χ3v) is 2.35. The number of ether oxygens (including phenoxy) is 2. The van der Waals surface area contributed by atoms with Crippen LogP contribution < -0.4 is 14.8 Å². The van der Waals surface area contributed by atoms with E-state index in [2.05, 4.69) is 22.2 Å². The van der Waals surface area contributed by atoms with Gasteiger partial charge in [0.15, 0.2) is 0 Å². The minimum absolute atomic E-state index is 0. The Balaban J connectivity index is 0.00000112. The third-order valence-electron chi connectivity index (χ3n) is 2.35. The quantitative estimate of drug-likeness (QED) is 0.826. The molecule has 0 saturated heterocycles. The lowest BCUT2D eigenvalue weighted by molar-refractivity contribution is 0.348. The highest BCUT2D eigenvalue weighted by atomic mass is 35.5. The van der Waals surface area contributed by atoms with Gasteiger partial charge < -0.3 is 14.8 Å². The van der Waals surface area contributed by atoms with Gasteiger partial charge in [-0.05, 0) is 6.92 Å². The van der Waals surface area contributed by atoms with Gasteiger partial charge in [0.2, 0.25) is 5.88 Å². The molecule has 0 fully saturated rings. The first-order chi connectivity index (χ1) is 6.76. The van der Waals surface area contributed by atoms with Gasteiger partial charge in [-0.25, -0.2) is 0 Å². The molecule has 0 saturated carbocycles. The summed E-state index contributed by atoms with van der Waals surface area (Å²) in [6.45, 7) is 2.81. The number of methoxy groups -OCH3 is 2. The Morgan fingerprint density at radius 1 is 1.27 bits per heavy atom. The van der Waals surface area contributed by atoms with E-state index in [1.807, 2.05) is 0 Å². The summed E-state index contributed by atoms with van der Waals surface area (Å²) in [5, 5.41) is 3.27. The average Bonchev–Trinajstić information content (AvgIpc) is 2.59. The van der Waals surface area contributed by atoms with Crippen molar-refractivity contribution in [2.75, 3.05) is 14.2 Å². The molecule has 0 radical (unpaired) electrons. The number of nitrogens with zero attached hydrogens (tertiary/aromatic N) is 2. The number of fused-ring (bicyclic) bond motifs is 1. The lowest BCUT2D eigenvalue weighted by atomic mass is 10.2. The second-order valence-corrected chi connectivity index (χ2v) is 3.19. The molecule has 0 aliphatic carbocycles.